The molecule has 0 spiro atoms. The molecule has 126 valence electrons. The predicted octanol–water partition coefficient (Wildman–Crippen LogP) is 3.62. The van der Waals surface area contributed by atoms with E-state index in [1.54, 1.807) is 0 Å². The van der Waals surface area contributed by atoms with Crippen LogP contribution in [-0.2, 0) is 6.54 Å². The van der Waals surface area contributed by atoms with Crippen molar-refractivity contribution in [3.8, 4) is 22.5 Å². The van der Waals surface area contributed by atoms with Crippen molar-refractivity contribution in [2.45, 2.75) is 13.5 Å². The molecular weight excluding hydrogens is 324 g/mol. The van der Waals surface area contributed by atoms with Gasteiger partial charge in [0.05, 0.1) is 17.6 Å². The Morgan fingerprint density at radius 3 is 2.65 bits per heavy atom. The normalized spacial score (nSPS) is 13.0. The van der Waals surface area contributed by atoms with Gasteiger partial charge in [0.15, 0.2) is 5.65 Å². The average molecular weight is 340 g/mol. The summed E-state index contributed by atoms with van der Waals surface area (Å²) in [6.45, 7) is 2.64. The molecule has 1 N–H and O–H groups in total. The van der Waals surface area contributed by atoms with Crippen LogP contribution in [0.15, 0.2) is 60.8 Å². The minimum Gasteiger partial charge on any atom is -0.348 e. The van der Waals surface area contributed by atoms with Gasteiger partial charge in [-0.15, -0.1) is 0 Å². The van der Waals surface area contributed by atoms with Crippen molar-refractivity contribution in [2.24, 2.45) is 0 Å². The predicted molar refractivity (Wildman–Crippen MR) is 99.8 cm³/mol. The van der Waals surface area contributed by atoms with Crippen molar-refractivity contribution in [2.75, 3.05) is 0 Å². The number of carbonyl (C=O) groups is 1. The Morgan fingerprint density at radius 1 is 1.00 bits per heavy atom. The molecule has 0 radical (unpaired) electrons. The van der Waals surface area contributed by atoms with Crippen LogP contribution < -0.4 is 5.32 Å². The zero-order valence-corrected chi connectivity index (χ0v) is 14.2. The minimum absolute atomic E-state index is 0.00975. The van der Waals surface area contributed by atoms with Crippen LogP contribution in [0.4, 0.5) is 0 Å². The van der Waals surface area contributed by atoms with Crippen LogP contribution in [-0.4, -0.2) is 20.5 Å². The highest BCUT2D eigenvalue weighted by Gasteiger charge is 2.19. The molecule has 0 bridgehead atoms. The summed E-state index contributed by atoms with van der Waals surface area (Å²) in [5.74, 6) is -0.00975. The molecule has 4 aromatic rings. The van der Waals surface area contributed by atoms with Crippen molar-refractivity contribution in [1.29, 1.82) is 0 Å². The van der Waals surface area contributed by atoms with Gasteiger partial charge in [0, 0.05) is 23.2 Å². The third-order valence-electron chi connectivity index (χ3n) is 4.79. The standard InChI is InChI=1S/C21H16N4O/c1-13-2-4-14(5-3-13)18-8-9-20-22-12-19(25(20)24-18)15-6-7-17-16(10-15)11-23-21(17)26/h2-10,12H,11H2,1H3,(H,23,26). The molecule has 0 unspecified atom stereocenters. The number of benzene rings is 2. The second kappa shape index (κ2) is 5.52. The van der Waals surface area contributed by atoms with Crippen LogP contribution in [0.3, 0.4) is 0 Å². The summed E-state index contributed by atoms with van der Waals surface area (Å²) in [6.07, 6.45) is 1.83. The van der Waals surface area contributed by atoms with Crippen LogP contribution >= 0.6 is 0 Å². The van der Waals surface area contributed by atoms with Crippen molar-refractivity contribution >= 4 is 11.6 Å². The lowest BCUT2D eigenvalue weighted by Gasteiger charge is -2.06. The van der Waals surface area contributed by atoms with E-state index in [-0.39, 0.29) is 5.91 Å². The molecule has 1 aliphatic heterocycles. The van der Waals surface area contributed by atoms with Gasteiger partial charge in [0.2, 0.25) is 0 Å². The van der Waals surface area contributed by atoms with Gasteiger partial charge < -0.3 is 5.32 Å². The zero-order valence-electron chi connectivity index (χ0n) is 14.2. The fourth-order valence-corrected chi connectivity index (χ4v) is 3.34. The average Bonchev–Trinajstić information content (AvgIpc) is 3.25. The summed E-state index contributed by atoms with van der Waals surface area (Å²) < 4.78 is 1.86. The van der Waals surface area contributed by atoms with E-state index in [4.69, 9.17) is 5.10 Å². The molecule has 0 saturated heterocycles. The van der Waals surface area contributed by atoms with Crippen LogP contribution in [0.2, 0.25) is 0 Å². The number of nitrogens with zero attached hydrogens (tertiary/aromatic N) is 3. The maximum atomic E-state index is 11.8. The molecular formula is C21H16N4O. The number of amides is 1. The van der Waals surface area contributed by atoms with E-state index in [0.29, 0.717) is 6.54 Å². The van der Waals surface area contributed by atoms with Gasteiger partial charge in [-0.05, 0) is 36.8 Å². The monoisotopic (exact) mass is 340 g/mol. The van der Waals surface area contributed by atoms with Gasteiger partial charge in [0.1, 0.15) is 0 Å². The first-order chi connectivity index (χ1) is 12.7. The fraction of sp³-hybridized carbons (Fsp3) is 0.0952. The second-order valence-corrected chi connectivity index (χ2v) is 6.55. The van der Waals surface area contributed by atoms with E-state index in [1.165, 1.54) is 5.56 Å². The molecule has 0 aliphatic carbocycles. The number of hydrogen-bond donors (Lipinski definition) is 1. The van der Waals surface area contributed by atoms with Gasteiger partial charge in [-0.1, -0.05) is 35.9 Å². The quantitative estimate of drug-likeness (QED) is 0.606. The van der Waals surface area contributed by atoms with Crippen molar-refractivity contribution < 1.29 is 4.79 Å². The van der Waals surface area contributed by atoms with Gasteiger partial charge in [0.25, 0.3) is 5.91 Å². The number of imidazole rings is 1. The number of aryl methyl sites for hydroxylation is 1. The molecule has 0 atom stereocenters. The van der Waals surface area contributed by atoms with E-state index in [0.717, 1.165) is 39.3 Å². The molecule has 5 rings (SSSR count). The third kappa shape index (κ3) is 2.29. The summed E-state index contributed by atoms with van der Waals surface area (Å²) in [5, 5.41) is 7.64. The Hall–Kier alpha value is -3.47. The van der Waals surface area contributed by atoms with E-state index in [9.17, 15) is 4.79 Å². The second-order valence-electron chi connectivity index (χ2n) is 6.55. The smallest absolute Gasteiger partial charge is 0.251 e. The van der Waals surface area contributed by atoms with Crippen LogP contribution in [0.25, 0.3) is 28.2 Å². The lowest BCUT2D eigenvalue weighted by atomic mass is 10.0. The van der Waals surface area contributed by atoms with Gasteiger partial charge >= 0.3 is 0 Å². The summed E-state index contributed by atoms with van der Waals surface area (Å²) in [6, 6.07) is 18.1. The zero-order chi connectivity index (χ0) is 17.7. The van der Waals surface area contributed by atoms with E-state index < -0.39 is 0 Å². The summed E-state index contributed by atoms with van der Waals surface area (Å²) >= 11 is 0. The number of carbonyl (C=O) groups excluding carboxylic acids is 1. The van der Waals surface area contributed by atoms with Crippen LogP contribution in [0.1, 0.15) is 21.5 Å². The van der Waals surface area contributed by atoms with Crippen molar-refractivity contribution in [3.05, 3.63) is 77.5 Å². The maximum Gasteiger partial charge on any atom is 0.251 e. The Balaban J connectivity index is 1.64. The van der Waals surface area contributed by atoms with Gasteiger partial charge in [-0.3, -0.25) is 4.79 Å². The highest BCUT2D eigenvalue weighted by Crippen LogP contribution is 2.26. The highest BCUT2D eigenvalue weighted by atomic mass is 16.1. The number of hydrogen-bond acceptors (Lipinski definition) is 3. The lowest BCUT2D eigenvalue weighted by molar-refractivity contribution is 0.0966. The molecule has 0 fully saturated rings. The SMILES string of the molecule is Cc1ccc(-c2ccc3ncc(-c4ccc5c(c4)CNC5=O)n3n2)cc1. The number of fused-ring (bicyclic) bond motifs is 2. The van der Waals surface area contributed by atoms with Crippen molar-refractivity contribution in [3.63, 3.8) is 0 Å². The van der Waals surface area contributed by atoms with Gasteiger partial charge in [-0.2, -0.15) is 5.10 Å². The first-order valence-corrected chi connectivity index (χ1v) is 8.52. The van der Waals surface area contributed by atoms with Gasteiger partial charge in [-0.25, -0.2) is 9.50 Å². The fourth-order valence-electron chi connectivity index (χ4n) is 3.34. The summed E-state index contributed by atoms with van der Waals surface area (Å²) in [7, 11) is 0. The Morgan fingerprint density at radius 2 is 1.81 bits per heavy atom. The third-order valence-corrected chi connectivity index (χ3v) is 4.79. The topological polar surface area (TPSA) is 59.3 Å². The molecule has 1 amide bonds. The first-order valence-electron chi connectivity index (χ1n) is 8.52. The van der Waals surface area contributed by atoms with Crippen LogP contribution in [0, 0.1) is 6.92 Å². The largest absolute Gasteiger partial charge is 0.348 e. The number of aromatic nitrogens is 3. The Bertz CT molecular complexity index is 1160. The molecule has 3 heterocycles. The van der Waals surface area contributed by atoms with E-state index in [2.05, 4.69) is 41.5 Å². The molecule has 2 aromatic carbocycles. The lowest BCUT2D eigenvalue weighted by Crippen LogP contribution is -2.12. The summed E-state index contributed by atoms with van der Waals surface area (Å²) in [4.78, 5) is 16.2. The number of nitrogens with one attached hydrogen (secondary N) is 1. The molecule has 2 aromatic heterocycles. The molecule has 5 nitrogen and oxygen atoms in total. The molecule has 5 heteroatoms. The summed E-state index contributed by atoms with van der Waals surface area (Å²) in [5.41, 5.74) is 7.66. The van der Waals surface area contributed by atoms with E-state index in [1.807, 2.05) is 41.0 Å². The number of rotatable bonds is 2. The minimum atomic E-state index is -0.00975. The molecule has 1 aliphatic rings. The maximum absolute atomic E-state index is 11.8. The molecule has 0 saturated carbocycles. The Kier molecular flexibility index (Phi) is 3.15. The highest BCUT2D eigenvalue weighted by molar-refractivity contribution is 5.98. The molecule has 26 heavy (non-hydrogen) atoms. The first kappa shape index (κ1) is 14.8. The Labute approximate surface area is 150 Å². The van der Waals surface area contributed by atoms with E-state index >= 15 is 0 Å². The van der Waals surface area contributed by atoms with Crippen LogP contribution in [0.5, 0.6) is 0 Å². The van der Waals surface area contributed by atoms with Crippen molar-refractivity contribution in [1.82, 2.24) is 19.9 Å².